The third-order valence-electron chi connectivity index (χ3n) is 2.21. The molecule has 0 aliphatic heterocycles. The lowest BCUT2D eigenvalue weighted by Gasteiger charge is -2.11. The van der Waals surface area contributed by atoms with E-state index in [0.29, 0.717) is 17.8 Å². The number of hydrogen-bond donors (Lipinski definition) is 2. The van der Waals surface area contributed by atoms with Crippen LogP contribution in [0.2, 0.25) is 0 Å². The van der Waals surface area contributed by atoms with Gasteiger partial charge in [0.25, 0.3) is 5.91 Å². The highest BCUT2D eigenvalue weighted by atomic mass is 79.9. The average molecular weight is 287 g/mol. The first-order valence-corrected chi connectivity index (χ1v) is 5.70. The van der Waals surface area contributed by atoms with E-state index in [1.165, 1.54) is 0 Å². The van der Waals surface area contributed by atoms with Gasteiger partial charge in [-0.1, -0.05) is 15.9 Å². The number of amides is 1. The number of rotatable bonds is 4. The number of nitrogens with two attached hydrogens (primary N) is 1. The lowest BCUT2D eigenvalue weighted by molar-refractivity contribution is 0.0871. The fourth-order valence-corrected chi connectivity index (χ4v) is 1.53. The number of nitrogen functional groups attached to an aromatic ring is 1. The van der Waals surface area contributed by atoms with Crippen molar-refractivity contribution < 1.29 is 9.53 Å². The maximum atomic E-state index is 11.7. The van der Waals surface area contributed by atoms with E-state index in [1.54, 1.807) is 25.3 Å². The van der Waals surface area contributed by atoms with E-state index in [2.05, 4.69) is 21.2 Å². The van der Waals surface area contributed by atoms with Gasteiger partial charge in [0.2, 0.25) is 0 Å². The Hall–Kier alpha value is -1.07. The molecule has 1 amide bonds. The minimum atomic E-state index is -0.186. The number of ether oxygens (including phenoxy) is 1. The second-order valence-electron chi connectivity index (χ2n) is 3.49. The van der Waals surface area contributed by atoms with Gasteiger partial charge in [-0.3, -0.25) is 4.79 Å². The first-order valence-electron chi connectivity index (χ1n) is 4.90. The molecule has 0 saturated heterocycles. The van der Waals surface area contributed by atoms with Crippen molar-refractivity contribution in [3.8, 4) is 0 Å². The first-order chi connectivity index (χ1) is 7.54. The van der Waals surface area contributed by atoms with Crippen LogP contribution in [0.5, 0.6) is 0 Å². The summed E-state index contributed by atoms with van der Waals surface area (Å²) >= 11 is 3.29. The molecule has 0 aliphatic carbocycles. The van der Waals surface area contributed by atoms with Crippen molar-refractivity contribution in [2.24, 2.45) is 0 Å². The Labute approximate surface area is 103 Å². The van der Waals surface area contributed by atoms with Crippen LogP contribution in [0.1, 0.15) is 17.3 Å². The zero-order valence-electron chi connectivity index (χ0n) is 9.29. The molecule has 0 bridgehead atoms. The average Bonchev–Trinajstić information content (AvgIpc) is 2.25. The van der Waals surface area contributed by atoms with Crippen LogP contribution in [0, 0.1) is 0 Å². The molecule has 0 aliphatic rings. The molecule has 0 saturated carbocycles. The summed E-state index contributed by atoms with van der Waals surface area (Å²) in [6.07, 6.45) is -0.0133. The molecule has 0 aromatic heterocycles. The molecule has 5 heteroatoms. The highest BCUT2D eigenvalue weighted by Gasteiger charge is 2.10. The molecule has 16 heavy (non-hydrogen) atoms. The van der Waals surface area contributed by atoms with E-state index in [9.17, 15) is 4.79 Å². The maximum absolute atomic E-state index is 11.7. The van der Waals surface area contributed by atoms with Crippen LogP contribution < -0.4 is 11.1 Å². The monoisotopic (exact) mass is 286 g/mol. The standard InChI is InChI=1S/C11H15BrN2O2/c1-7(16-2)6-14-11(15)9-4-3-8(12)5-10(9)13/h3-5,7H,6,13H2,1-2H3,(H,14,15)/t7-/m1/s1. The number of carbonyl (C=O) groups excluding carboxylic acids is 1. The number of anilines is 1. The molecular formula is C11H15BrN2O2. The van der Waals surface area contributed by atoms with E-state index in [0.717, 1.165) is 4.47 Å². The zero-order chi connectivity index (χ0) is 12.1. The van der Waals surface area contributed by atoms with Gasteiger partial charge < -0.3 is 15.8 Å². The van der Waals surface area contributed by atoms with E-state index >= 15 is 0 Å². The zero-order valence-corrected chi connectivity index (χ0v) is 10.9. The molecule has 1 aromatic rings. The van der Waals surface area contributed by atoms with E-state index in [1.807, 2.05) is 6.92 Å². The highest BCUT2D eigenvalue weighted by molar-refractivity contribution is 9.10. The normalized spacial score (nSPS) is 12.2. The summed E-state index contributed by atoms with van der Waals surface area (Å²) in [5.41, 5.74) is 6.67. The van der Waals surface area contributed by atoms with Crippen molar-refractivity contribution in [3.63, 3.8) is 0 Å². The summed E-state index contributed by atoms with van der Waals surface area (Å²) in [6.45, 7) is 2.34. The predicted molar refractivity (Wildman–Crippen MR) is 67.4 cm³/mol. The van der Waals surface area contributed by atoms with Gasteiger partial charge in [-0.15, -0.1) is 0 Å². The van der Waals surface area contributed by atoms with Crippen LogP contribution in [0.25, 0.3) is 0 Å². The predicted octanol–water partition coefficient (Wildman–Crippen LogP) is 1.80. The second kappa shape index (κ2) is 5.86. The molecule has 0 fully saturated rings. The fourth-order valence-electron chi connectivity index (χ4n) is 1.16. The van der Waals surface area contributed by atoms with E-state index < -0.39 is 0 Å². The van der Waals surface area contributed by atoms with Crippen molar-refractivity contribution in [1.82, 2.24) is 5.32 Å². The number of nitrogens with one attached hydrogen (secondary N) is 1. The Bertz CT molecular complexity index is 382. The largest absolute Gasteiger partial charge is 0.398 e. The summed E-state index contributed by atoms with van der Waals surface area (Å²) in [4.78, 5) is 11.7. The van der Waals surface area contributed by atoms with Crippen LogP contribution in [0.3, 0.4) is 0 Å². The van der Waals surface area contributed by atoms with Crippen LogP contribution in [0.15, 0.2) is 22.7 Å². The molecular weight excluding hydrogens is 272 g/mol. The SMILES string of the molecule is CO[C@H](C)CNC(=O)c1ccc(Br)cc1N. The minimum absolute atomic E-state index is 0.0133. The van der Waals surface area contributed by atoms with E-state index in [4.69, 9.17) is 10.5 Å². The molecule has 0 spiro atoms. The van der Waals surface area contributed by atoms with Gasteiger partial charge in [-0.25, -0.2) is 0 Å². The lowest BCUT2D eigenvalue weighted by atomic mass is 10.1. The third kappa shape index (κ3) is 3.50. The van der Waals surface area contributed by atoms with Gasteiger partial charge in [-0.2, -0.15) is 0 Å². The van der Waals surface area contributed by atoms with Crippen LogP contribution in [-0.2, 0) is 4.74 Å². The lowest BCUT2D eigenvalue weighted by Crippen LogP contribution is -2.31. The summed E-state index contributed by atoms with van der Waals surface area (Å²) < 4.78 is 5.89. The van der Waals surface area contributed by atoms with Crippen LogP contribution >= 0.6 is 15.9 Å². The first kappa shape index (κ1) is 13.0. The minimum Gasteiger partial charge on any atom is -0.398 e. The van der Waals surface area contributed by atoms with Gasteiger partial charge in [-0.05, 0) is 25.1 Å². The van der Waals surface area contributed by atoms with Gasteiger partial charge in [0.1, 0.15) is 0 Å². The summed E-state index contributed by atoms with van der Waals surface area (Å²) in [5.74, 6) is -0.186. The number of hydrogen-bond acceptors (Lipinski definition) is 3. The summed E-state index contributed by atoms with van der Waals surface area (Å²) in [5, 5.41) is 2.75. The number of benzene rings is 1. The number of methoxy groups -OCH3 is 1. The second-order valence-corrected chi connectivity index (χ2v) is 4.40. The van der Waals surface area contributed by atoms with Gasteiger partial charge in [0.05, 0.1) is 11.7 Å². The maximum Gasteiger partial charge on any atom is 0.253 e. The summed E-state index contributed by atoms with van der Waals surface area (Å²) in [6, 6.07) is 5.17. The topological polar surface area (TPSA) is 64.3 Å². The Kier molecular flexibility index (Phi) is 4.76. The van der Waals surface area contributed by atoms with Gasteiger partial charge in [0.15, 0.2) is 0 Å². The van der Waals surface area contributed by atoms with Crippen molar-refractivity contribution in [2.75, 3.05) is 19.4 Å². The molecule has 4 nitrogen and oxygen atoms in total. The highest BCUT2D eigenvalue weighted by Crippen LogP contribution is 2.18. The van der Waals surface area contributed by atoms with Crippen LogP contribution in [0.4, 0.5) is 5.69 Å². The molecule has 3 N–H and O–H groups in total. The number of carbonyl (C=O) groups is 1. The van der Waals surface area contributed by atoms with Crippen molar-refractivity contribution in [2.45, 2.75) is 13.0 Å². The van der Waals surface area contributed by atoms with Gasteiger partial charge >= 0.3 is 0 Å². The molecule has 88 valence electrons. The Morgan fingerprint density at radius 1 is 1.62 bits per heavy atom. The van der Waals surface area contributed by atoms with Crippen molar-refractivity contribution >= 4 is 27.5 Å². The number of halogens is 1. The molecule has 0 unspecified atom stereocenters. The van der Waals surface area contributed by atoms with Gasteiger partial charge in [0, 0.05) is 23.8 Å². The Balaban J connectivity index is 2.66. The van der Waals surface area contributed by atoms with Crippen LogP contribution in [-0.4, -0.2) is 25.7 Å². The van der Waals surface area contributed by atoms with Crippen molar-refractivity contribution in [3.05, 3.63) is 28.2 Å². The van der Waals surface area contributed by atoms with Crippen molar-refractivity contribution in [1.29, 1.82) is 0 Å². The third-order valence-corrected chi connectivity index (χ3v) is 2.70. The smallest absolute Gasteiger partial charge is 0.253 e. The Morgan fingerprint density at radius 3 is 2.88 bits per heavy atom. The quantitative estimate of drug-likeness (QED) is 0.830. The molecule has 1 rings (SSSR count). The molecule has 0 heterocycles. The fraction of sp³-hybridized carbons (Fsp3) is 0.364. The summed E-state index contributed by atoms with van der Waals surface area (Å²) in [7, 11) is 1.60. The molecule has 0 radical (unpaired) electrons. The molecule has 1 aromatic carbocycles. The molecule has 1 atom stereocenters. The Morgan fingerprint density at radius 2 is 2.31 bits per heavy atom. The van der Waals surface area contributed by atoms with E-state index in [-0.39, 0.29) is 12.0 Å².